The van der Waals surface area contributed by atoms with Crippen molar-refractivity contribution in [2.75, 3.05) is 0 Å². The Morgan fingerprint density at radius 2 is 2.06 bits per heavy atom. The molecule has 0 aliphatic heterocycles. The van der Waals surface area contributed by atoms with Gasteiger partial charge in [0.2, 0.25) is 5.91 Å². The van der Waals surface area contributed by atoms with E-state index in [2.05, 4.69) is 5.32 Å². The minimum Gasteiger partial charge on any atom is -0.351 e. The van der Waals surface area contributed by atoms with Crippen LogP contribution in [0.15, 0.2) is 41.8 Å². The normalized spacial score (nSPS) is 10.3. The van der Waals surface area contributed by atoms with Crippen LogP contribution < -0.4 is 11.1 Å². The third-order valence-electron chi connectivity index (χ3n) is 2.63. The Labute approximate surface area is 111 Å². The molecule has 2 aromatic rings. The second-order valence-electron chi connectivity index (χ2n) is 4.06. The monoisotopic (exact) mass is 260 g/mol. The summed E-state index contributed by atoms with van der Waals surface area (Å²) in [5, 5.41) is 4.92. The van der Waals surface area contributed by atoms with Crippen LogP contribution in [0.25, 0.3) is 0 Å². The number of nitrogens with two attached hydrogens (primary N) is 1. The first-order chi connectivity index (χ1) is 8.78. The number of carbonyl (C=O) groups excluding carboxylic acids is 1. The lowest BCUT2D eigenvalue weighted by Gasteiger charge is -2.05. The summed E-state index contributed by atoms with van der Waals surface area (Å²) in [5.74, 6) is 0.0394. The second-order valence-corrected chi connectivity index (χ2v) is 5.09. The first kappa shape index (κ1) is 12.8. The van der Waals surface area contributed by atoms with E-state index in [0.717, 1.165) is 11.1 Å². The number of thiophene rings is 1. The average molecular weight is 260 g/mol. The average Bonchev–Trinajstić information content (AvgIpc) is 2.90. The summed E-state index contributed by atoms with van der Waals surface area (Å²) >= 11 is 1.65. The van der Waals surface area contributed by atoms with Gasteiger partial charge in [0.25, 0.3) is 0 Å². The molecule has 1 heterocycles. The highest BCUT2D eigenvalue weighted by Crippen LogP contribution is 2.08. The molecule has 3 N–H and O–H groups in total. The third kappa shape index (κ3) is 3.68. The standard InChI is InChI=1S/C14H16N2OS/c15-9-12-4-1-3-11(7-12)8-14(17)16-10-13-5-2-6-18-13/h1-7H,8-10,15H2,(H,16,17). The summed E-state index contributed by atoms with van der Waals surface area (Å²) in [6.07, 6.45) is 0.402. The molecule has 0 unspecified atom stereocenters. The van der Waals surface area contributed by atoms with Gasteiger partial charge in [-0.3, -0.25) is 4.79 Å². The fourth-order valence-corrected chi connectivity index (χ4v) is 2.36. The molecule has 0 aliphatic carbocycles. The van der Waals surface area contributed by atoms with Gasteiger partial charge in [-0.2, -0.15) is 0 Å². The van der Waals surface area contributed by atoms with E-state index in [1.165, 1.54) is 4.88 Å². The van der Waals surface area contributed by atoms with Crippen LogP contribution in [0.3, 0.4) is 0 Å². The van der Waals surface area contributed by atoms with Crippen molar-refractivity contribution in [3.8, 4) is 0 Å². The minimum absolute atomic E-state index is 0.0394. The molecule has 3 nitrogen and oxygen atoms in total. The summed E-state index contributed by atoms with van der Waals surface area (Å²) in [6.45, 7) is 1.11. The number of amides is 1. The van der Waals surface area contributed by atoms with E-state index >= 15 is 0 Å². The van der Waals surface area contributed by atoms with Crippen molar-refractivity contribution in [2.24, 2.45) is 5.73 Å². The minimum atomic E-state index is 0.0394. The summed E-state index contributed by atoms with van der Waals surface area (Å²) in [5.41, 5.74) is 7.63. The van der Waals surface area contributed by atoms with Crippen LogP contribution in [-0.4, -0.2) is 5.91 Å². The van der Waals surface area contributed by atoms with Crippen LogP contribution in [0, 0.1) is 0 Å². The predicted molar refractivity (Wildman–Crippen MR) is 74.2 cm³/mol. The highest BCUT2D eigenvalue weighted by molar-refractivity contribution is 7.09. The van der Waals surface area contributed by atoms with Gasteiger partial charge in [0.15, 0.2) is 0 Å². The maximum atomic E-state index is 11.8. The van der Waals surface area contributed by atoms with Crippen LogP contribution in [0.5, 0.6) is 0 Å². The number of hydrogen-bond acceptors (Lipinski definition) is 3. The van der Waals surface area contributed by atoms with E-state index in [-0.39, 0.29) is 5.91 Å². The Bertz CT molecular complexity index is 508. The maximum absolute atomic E-state index is 11.8. The van der Waals surface area contributed by atoms with E-state index < -0.39 is 0 Å². The number of benzene rings is 1. The van der Waals surface area contributed by atoms with Gasteiger partial charge < -0.3 is 11.1 Å². The van der Waals surface area contributed by atoms with Crippen LogP contribution in [0.1, 0.15) is 16.0 Å². The first-order valence-electron chi connectivity index (χ1n) is 5.85. The van der Waals surface area contributed by atoms with Gasteiger partial charge in [-0.05, 0) is 22.6 Å². The highest BCUT2D eigenvalue weighted by Gasteiger charge is 2.04. The lowest BCUT2D eigenvalue weighted by molar-refractivity contribution is -0.120. The SMILES string of the molecule is NCc1cccc(CC(=O)NCc2cccs2)c1. The topological polar surface area (TPSA) is 55.1 Å². The van der Waals surface area contributed by atoms with Gasteiger partial charge in [-0.1, -0.05) is 30.3 Å². The van der Waals surface area contributed by atoms with Crippen LogP contribution in [-0.2, 0) is 24.3 Å². The number of nitrogens with one attached hydrogen (secondary N) is 1. The van der Waals surface area contributed by atoms with Crippen molar-refractivity contribution in [1.29, 1.82) is 0 Å². The Balaban J connectivity index is 1.86. The molecular weight excluding hydrogens is 244 g/mol. The van der Waals surface area contributed by atoms with Gasteiger partial charge in [-0.15, -0.1) is 11.3 Å². The molecule has 0 atom stereocenters. The Hall–Kier alpha value is -1.65. The zero-order chi connectivity index (χ0) is 12.8. The molecule has 0 spiro atoms. The van der Waals surface area contributed by atoms with E-state index in [4.69, 9.17) is 5.73 Å². The van der Waals surface area contributed by atoms with Crippen LogP contribution in [0.4, 0.5) is 0 Å². The molecule has 0 saturated heterocycles. The van der Waals surface area contributed by atoms with Crippen molar-refractivity contribution in [3.05, 3.63) is 57.8 Å². The molecule has 0 radical (unpaired) electrons. The van der Waals surface area contributed by atoms with Crippen LogP contribution in [0.2, 0.25) is 0 Å². The van der Waals surface area contributed by atoms with Gasteiger partial charge in [0.05, 0.1) is 13.0 Å². The quantitative estimate of drug-likeness (QED) is 0.864. The molecule has 18 heavy (non-hydrogen) atoms. The Kier molecular flexibility index (Phi) is 4.50. The molecule has 1 aromatic carbocycles. The first-order valence-corrected chi connectivity index (χ1v) is 6.73. The van der Waals surface area contributed by atoms with Crippen LogP contribution >= 0.6 is 11.3 Å². The summed E-state index contributed by atoms with van der Waals surface area (Å²) < 4.78 is 0. The largest absolute Gasteiger partial charge is 0.351 e. The van der Waals surface area contributed by atoms with E-state index in [9.17, 15) is 4.79 Å². The molecule has 2 rings (SSSR count). The van der Waals surface area contributed by atoms with E-state index in [1.807, 2.05) is 41.8 Å². The van der Waals surface area contributed by atoms with Gasteiger partial charge >= 0.3 is 0 Å². The van der Waals surface area contributed by atoms with Gasteiger partial charge in [0, 0.05) is 11.4 Å². The lowest BCUT2D eigenvalue weighted by atomic mass is 10.1. The van der Waals surface area contributed by atoms with Crippen molar-refractivity contribution in [3.63, 3.8) is 0 Å². The number of hydrogen-bond donors (Lipinski definition) is 2. The summed E-state index contributed by atoms with van der Waals surface area (Å²) in [7, 11) is 0. The molecule has 94 valence electrons. The smallest absolute Gasteiger partial charge is 0.224 e. The zero-order valence-electron chi connectivity index (χ0n) is 10.1. The predicted octanol–water partition coefficient (Wildman–Crippen LogP) is 2.07. The second kappa shape index (κ2) is 6.33. The maximum Gasteiger partial charge on any atom is 0.224 e. The zero-order valence-corrected chi connectivity index (χ0v) is 10.9. The van der Waals surface area contributed by atoms with E-state index in [1.54, 1.807) is 11.3 Å². The van der Waals surface area contributed by atoms with Crippen molar-refractivity contribution >= 4 is 17.2 Å². The summed E-state index contributed by atoms with van der Waals surface area (Å²) in [6, 6.07) is 11.8. The molecule has 4 heteroatoms. The summed E-state index contributed by atoms with van der Waals surface area (Å²) in [4.78, 5) is 12.9. The van der Waals surface area contributed by atoms with Crippen molar-refractivity contribution in [1.82, 2.24) is 5.32 Å². The third-order valence-corrected chi connectivity index (χ3v) is 3.51. The Morgan fingerprint density at radius 1 is 1.22 bits per heavy atom. The highest BCUT2D eigenvalue weighted by atomic mass is 32.1. The molecule has 1 aromatic heterocycles. The number of carbonyl (C=O) groups is 1. The van der Waals surface area contributed by atoms with Crippen molar-refractivity contribution < 1.29 is 4.79 Å². The van der Waals surface area contributed by atoms with Crippen molar-refractivity contribution in [2.45, 2.75) is 19.5 Å². The lowest BCUT2D eigenvalue weighted by Crippen LogP contribution is -2.24. The molecule has 0 bridgehead atoms. The molecule has 0 aliphatic rings. The van der Waals surface area contributed by atoms with E-state index in [0.29, 0.717) is 19.5 Å². The Morgan fingerprint density at radius 3 is 2.78 bits per heavy atom. The molecule has 1 amide bonds. The fraction of sp³-hybridized carbons (Fsp3) is 0.214. The molecule has 0 saturated carbocycles. The number of rotatable bonds is 5. The molecular formula is C14H16N2OS. The van der Waals surface area contributed by atoms with Gasteiger partial charge in [-0.25, -0.2) is 0 Å². The fourth-order valence-electron chi connectivity index (χ4n) is 1.71. The molecule has 0 fully saturated rings. The van der Waals surface area contributed by atoms with Gasteiger partial charge in [0.1, 0.15) is 0 Å².